The number of hydrogen-bond acceptors (Lipinski definition) is 1. The zero-order valence-electron chi connectivity index (χ0n) is 11.9. The van der Waals surface area contributed by atoms with Crippen LogP contribution in [0.2, 0.25) is 0 Å². The molecule has 0 N–H and O–H groups in total. The minimum absolute atomic E-state index is 0.0929. The highest BCUT2D eigenvalue weighted by molar-refractivity contribution is 9.10. The SMILES string of the molecule is CCCC(C)N(C)C(=O)c1cc(Br)cn1C(C)C. The predicted octanol–water partition coefficient (Wildman–Crippen LogP) is 4.09. The van der Waals surface area contributed by atoms with E-state index in [0.29, 0.717) is 0 Å². The quantitative estimate of drug-likeness (QED) is 0.803. The molecule has 1 atom stereocenters. The van der Waals surface area contributed by atoms with Crippen molar-refractivity contribution in [2.24, 2.45) is 0 Å². The number of aromatic nitrogens is 1. The van der Waals surface area contributed by atoms with Gasteiger partial charge in [0.2, 0.25) is 0 Å². The Morgan fingerprint density at radius 1 is 1.44 bits per heavy atom. The smallest absolute Gasteiger partial charge is 0.270 e. The van der Waals surface area contributed by atoms with Crippen molar-refractivity contribution in [1.29, 1.82) is 0 Å². The molecule has 0 saturated carbocycles. The Bertz CT molecular complexity index is 412. The average Bonchev–Trinajstić information content (AvgIpc) is 2.69. The summed E-state index contributed by atoms with van der Waals surface area (Å²) in [4.78, 5) is 14.3. The molecule has 0 aromatic carbocycles. The average molecular weight is 315 g/mol. The Hall–Kier alpha value is -0.770. The van der Waals surface area contributed by atoms with Crippen molar-refractivity contribution in [3.63, 3.8) is 0 Å². The number of nitrogens with zero attached hydrogens (tertiary/aromatic N) is 2. The fraction of sp³-hybridized carbons (Fsp3) is 0.643. The second-order valence-electron chi connectivity index (χ2n) is 5.10. The van der Waals surface area contributed by atoms with E-state index >= 15 is 0 Å². The largest absolute Gasteiger partial charge is 0.340 e. The molecule has 0 spiro atoms. The zero-order valence-corrected chi connectivity index (χ0v) is 13.5. The first kappa shape index (κ1) is 15.3. The van der Waals surface area contributed by atoms with E-state index in [9.17, 15) is 4.79 Å². The third kappa shape index (κ3) is 3.37. The highest BCUT2D eigenvalue weighted by Crippen LogP contribution is 2.21. The lowest BCUT2D eigenvalue weighted by Crippen LogP contribution is -2.36. The maximum absolute atomic E-state index is 12.5. The molecule has 1 rings (SSSR count). The standard InChI is InChI=1S/C14H23BrN2O/c1-6-7-11(4)16(5)14(18)13-8-12(15)9-17(13)10(2)3/h8-11H,6-7H2,1-5H3. The topological polar surface area (TPSA) is 25.2 Å². The number of hydrogen-bond donors (Lipinski definition) is 0. The van der Waals surface area contributed by atoms with Crippen molar-refractivity contribution in [2.45, 2.75) is 52.6 Å². The van der Waals surface area contributed by atoms with Gasteiger partial charge in [-0.2, -0.15) is 0 Å². The van der Waals surface area contributed by atoms with Crippen molar-refractivity contribution in [2.75, 3.05) is 7.05 Å². The monoisotopic (exact) mass is 314 g/mol. The molecule has 1 amide bonds. The Labute approximate surface area is 118 Å². The van der Waals surface area contributed by atoms with Gasteiger partial charge in [-0.25, -0.2) is 0 Å². The number of rotatable bonds is 5. The van der Waals surface area contributed by atoms with Crippen LogP contribution < -0.4 is 0 Å². The van der Waals surface area contributed by atoms with Gasteiger partial charge in [-0.15, -0.1) is 0 Å². The van der Waals surface area contributed by atoms with Crippen molar-refractivity contribution < 1.29 is 4.79 Å². The van der Waals surface area contributed by atoms with Crippen LogP contribution in [0.5, 0.6) is 0 Å². The van der Waals surface area contributed by atoms with E-state index in [-0.39, 0.29) is 18.0 Å². The van der Waals surface area contributed by atoms with E-state index < -0.39 is 0 Å². The molecule has 0 bridgehead atoms. The lowest BCUT2D eigenvalue weighted by molar-refractivity contribution is 0.0724. The Morgan fingerprint density at radius 2 is 2.06 bits per heavy atom. The Kier molecular flexibility index (Phi) is 5.45. The van der Waals surface area contributed by atoms with Gasteiger partial charge in [0.15, 0.2) is 0 Å². The van der Waals surface area contributed by atoms with Crippen LogP contribution in [0.15, 0.2) is 16.7 Å². The summed E-state index contributed by atoms with van der Waals surface area (Å²) in [7, 11) is 1.88. The molecule has 0 radical (unpaired) electrons. The summed E-state index contributed by atoms with van der Waals surface area (Å²) in [5.74, 6) is 0.0929. The van der Waals surface area contributed by atoms with E-state index in [2.05, 4.69) is 43.6 Å². The van der Waals surface area contributed by atoms with Crippen LogP contribution in [0.3, 0.4) is 0 Å². The van der Waals surface area contributed by atoms with Gasteiger partial charge >= 0.3 is 0 Å². The van der Waals surface area contributed by atoms with E-state index in [1.165, 1.54) is 0 Å². The summed E-state index contributed by atoms with van der Waals surface area (Å²) in [5, 5.41) is 0. The first-order chi connectivity index (χ1) is 8.38. The number of carbonyl (C=O) groups is 1. The summed E-state index contributed by atoms with van der Waals surface area (Å²) in [6, 6.07) is 2.46. The van der Waals surface area contributed by atoms with Crippen molar-refractivity contribution >= 4 is 21.8 Å². The first-order valence-electron chi connectivity index (χ1n) is 6.53. The third-order valence-corrected chi connectivity index (χ3v) is 3.71. The molecule has 0 aliphatic heterocycles. The number of halogens is 1. The summed E-state index contributed by atoms with van der Waals surface area (Å²) in [5.41, 5.74) is 0.752. The van der Waals surface area contributed by atoms with Crippen LogP contribution in [0, 0.1) is 0 Å². The minimum Gasteiger partial charge on any atom is -0.340 e. The summed E-state index contributed by atoms with van der Waals surface area (Å²) in [6.45, 7) is 8.40. The van der Waals surface area contributed by atoms with Crippen LogP contribution in [0.1, 0.15) is 57.1 Å². The minimum atomic E-state index is 0.0929. The molecular formula is C14H23BrN2O. The van der Waals surface area contributed by atoms with Gasteiger partial charge in [0.25, 0.3) is 5.91 Å². The molecule has 1 unspecified atom stereocenters. The maximum atomic E-state index is 12.5. The molecule has 0 saturated heterocycles. The first-order valence-corrected chi connectivity index (χ1v) is 7.32. The summed E-state index contributed by atoms with van der Waals surface area (Å²) >= 11 is 3.44. The highest BCUT2D eigenvalue weighted by Gasteiger charge is 2.21. The van der Waals surface area contributed by atoms with Gasteiger partial charge in [-0.1, -0.05) is 13.3 Å². The highest BCUT2D eigenvalue weighted by atomic mass is 79.9. The molecule has 18 heavy (non-hydrogen) atoms. The fourth-order valence-electron chi connectivity index (χ4n) is 2.04. The zero-order chi connectivity index (χ0) is 13.9. The van der Waals surface area contributed by atoms with Crippen molar-refractivity contribution in [3.05, 3.63) is 22.4 Å². The fourth-order valence-corrected chi connectivity index (χ4v) is 2.47. The maximum Gasteiger partial charge on any atom is 0.270 e. The Morgan fingerprint density at radius 3 is 2.56 bits per heavy atom. The molecule has 102 valence electrons. The van der Waals surface area contributed by atoms with Crippen LogP contribution in [-0.4, -0.2) is 28.5 Å². The molecule has 0 aliphatic carbocycles. The van der Waals surface area contributed by atoms with E-state index in [0.717, 1.165) is 23.0 Å². The van der Waals surface area contributed by atoms with E-state index in [1.807, 2.05) is 28.8 Å². The lowest BCUT2D eigenvalue weighted by atomic mass is 10.1. The van der Waals surface area contributed by atoms with Crippen LogP contribution in [-0.2, 0) is 0 Å². The molecular weight excluding hydrogens is 292 g/mol. The Balaban J connectivity index is 2.96. The van der Waals surface area contributed by atoms with E-state index in [4.69, 9.17) is 0 Å². The summed E-state index contributed by atoms with van der Waals surface area (Å²) < 4.78 is 2.97. The van der Waals surface area contributed by atoms with Crippen LogP contribution in [0.4, 0.5) is 0 Å². The molecule has 1 aromatic heterocycles. The van der Waals surface area contributed by atoms with Gasteiger partial charge in [0.05, 0.1) is 0 Å². The molecule has 1 aromatic rings. The predicted molar refractivity (Wildman–Crippen MR) is 79.0 cm³/mol. The van der Waals surface area contributed by atoms with Crippen LogP contribution >= 0.6 is 15.9 Å². The third-order valence-electron chi connectivity index (χ3n) is 3.28. The molecule has 0 fully saturated rings. The van der Waals surface area contributed by atoms with Gasteiger partial charge in [-0.3, -0.25) is 4.79 Å². The summed E-state index contributed by atoms with van der Waals surface area (Å²) in [6.07, 6.45) is 4.09. The van der Waals surface area contributed by atoms with Crippen LogP contribution in [0.25, 0.3) is 0 Å². The number of amides is 1. The van der Waals surface area contributed by atoms with Gasteiger partial charge < -0.3 is 9.47 Å². The normalized spacial score (nSPS) is 12.8. The molecule has 3 nitrogen and oxygen atoms in total. The van der Waals surface area contributed by atoms with E-state index in [1.54, 1.807) is 0 Å². The van der Waals surface area contributed by atoms with Crippen molar-refractivity contribution in [3.8, 4) is 0 Å². The van der Waals surface area contributed by atoms with Gasteiger partial charge in [-0.05, 0) is 49.2 Å². The number of carbonyl (C=O) groups excluding carboxylic acids is 1. The lowest BCUT2D eigenvalue weighted by Gasteiger charge is -2.25. The van der Waals surface area contributed by atoms with Gasteiger partial charge in [0.1, 0.15) is 5.69 Å². The van der Waals surface area contributed by atoms with Gasteiger partial charge in [0, 0.05) is 29.8 Å². The molecule has 4 heteroatoms. The molecule has 0 aliphatic rings. The second kappa shape index (κ2) is 6.41. The molecule has 1 heterocycles. The van der Waals surface area contributed by atoms with Crippen molar-refractivity contribution in [1.82, 2.24) is 9.47 Å². The second-order valence-corrected chi connectivity index (χ2v) is 6.01.